The third-order valence-electron chi connectivity index (χ3n) is 6.49. The van der Waals surface area contributed by atoms with Crippen LogP contribution in [0, 0.1) is 18.3 Å². The van der Waals surface area contributed by atoms with Crippen LogP contribution in [0.25, 0.3) is 0 Å². The fourth-order valence-corrected chi connectivity index (χ4v) is 4.67. The summed E-state index contributed by atoms with van der Waals surface area (Å²) in [5.74, 6) is 0. The number of hydrogen-bond acceptors (Lipinski definition) is 2. The minimum absolute atomic E-state index is 0.590. The van der Waals surface area contributed by atoms with E-state index in [2.05, 4.69) is 77.2 Å². The van der Waals surface area contributed by atoms with Crippen molar-refractivity contribution in [1.82, 2.24) is 9.47 Å². The van der Waals surface area contributed by atoms with E-state index >= 15 is 0 Å². The van der Waals surface area contributed by atoms with Crippen LogP contribution in [-0.2, 0) is 19.6 Å². The largest absolute Gasteiger partial charge is 0.346 e. The Kier molecular flexibility index (Phi) is 6.67. The van der Waals surface area contributed by atoms with Crippen molar-refractivity contribution in [1.29, 1.82) is 5.26 Å². The highest BCUT2D eigenvalue weighted by Crippen LogP contribution is 2.27. The summed E-state index contributed by atoms with van der Waals surface area (Å²) in [7, 11) is 0. The van der Waals surface area contributed by atoms with Crippen LogP contribution in [0.15, 0.2) is 66.9 Å². The Bertz CT molecular complexity index is 1000. The summed E-state index contributed by atoms with van der Waals surface area (Å²) in [5.41, 5.74) is 5.99. The number of hydrogen-bond donors (Lipinski definition) is 0. The van der Waals surface area contributed by atoms with E-state index in [1.54, 1.807) is 0 Å². The average Bonchev–Trinajstić information content (AvgIpc) is 3.22. The number of aryl methyl sites for hydroxylation is 1. The first-order valence-electron chi connectivity index (χ1n) is 11.1. The fraction of sp³-hybridized carbons (Fsp3) is 0.370. The first kappa shape index (κ1) is 20.4. The van der Waals surface area contributed by atoms with E-state index in [0.717, 1.165) is 30.8 Å². The fourth-order valence-electron chi connectivity index (χ4n) is 4.67. The van der Waals surface area contributed by atoms with Gasteiger partial charge < -0.3 is 4.57 Å². The van der Waals surface area contributed by atoms with Gasteiger partial charge in [-0.1, -0.05) is 61.7 Å². The van der Waals surface area contributed by atoms with E-state index in [0.29, 0.717) is 6.04 Å². The second-order valence-electron chi connectivity index (χ2n) is 8.52. The molecule has 0 spiro atoms. The van der Waals surface area contributed by atoms with Crippen molar-refractivity contribution >= 4 is 0 Å². The molecule has 3 nitrogen and oxygen atoms in total. The number of rotatable bonds is 7. The second kappa shape index (κ2) is 9.78. The van der Waals surface area contributed by atoms with Gasteiger partial charge in [0.1, 0.15) is 0 Å². The Morgan fingerprint density at radius 3 is 2.40 bits per heavy atom. The molecule has 0 unspecified atom stereocenters. The molecule has 0 N–H and O–H groups in total. The Labute approximate surface area is 180 Å². The van der Waals surface area contributed by atoms with Gasteiger partial charge in [-0.3, -0.25) is 4.90 Å². The molecule has 1 saturated carbocycles. The summed E-state index contributed by atoms with van der Waals surface area (Å²) in [6.07, 6.45) is 8.68. The summed E-state index contributed by atoms with van der Waals surface area (Å²) in [6.45, 7) is 4.85. The van der Waals surface area contributed by atoms with Gasteiger partial charge in [0, 0.05) is 37.6 Å². The zero-order valence-corrected chi connectivity index (χ0v) is 17.9. The van der Waals surface area contributed by atoms with Crippen molar-refractivity contribution in [2.75, 3.05) is 0 Å². The summed E-state index contributed by atoms with van der Waals surface area (Å²) in [5, 5.41) is 9.56. The maximum absolute atomic E-state index is 9.56. The van der Waals surface area contributed by atoms with Crippen molar-refractivity contribution in [3.63, 3.8) is 0 Å². The maximum Gasteiger partial charge on any atom is 0.0995 e. The summed E-state index contributed by atoms with van der Waals surface area (Å²) in [6, 6.07) is 24.1. The molecule has 30 heavy (non-hydrogen) atoms. The summed E-state index contributed by atoms with van der Waals surface area (Å²) < 4.78 is 2.38. The van der Waals surface area contributed by atoms with Gasteiger partial charge in [0.2, 0.25) is 0 Å². The SMILES string of the molecule is Cc1ccccc1Cn1cccc1CN(Cc1ccccc1C#N)C1CCCCC1. The van der Waals surface area contributed by atoms with Gasteiger partial charge in [-0.05, 0) is 54.7 Å². The van der Waals surface area contributed by atoms with Gasteiger partial charge in [-0.15, -0.1) is 0 Å². The molecule has 4 rings (SSSR count). The molecule has 1 aromatic heterocycles. The molecule has 1 fully saturated rings. The normalized spacial score (nSPS) is 14.7. The Hall–Kier alpha value is -2.83. The molecule has 1 aliphatic rings. The number of aromatic nitrogens is 1. The third kappa shape index (κ3) is 4.83. The van der Waals surface area contributed by atoms with Crippen LogP contribution in [-0.4, -0.2) is 15.5 Å². The van der Waals surface area contributed by atoms with Gasteiger partial charge in [-0.2, -0.15) is 5.26 Å². The van der Waals surface area contributed by atoms with Crippen molar-refractivity contribution in [2.45, 2.75) is 64.7 Å². The molecule has 154 valence electrons. The lowest BCUT2D eigenvalue weighted by atomic mass is 9.93. The molecule has 2 aromatic carbocycles. The molecule has 3 aromatic rings. The quantitative estimate of drug-likeness (QED) is 0.486. The molecule has 1 aliphatic carbocycles. The van der Waals surface area contributed by atoms with Crippen molar-refractivity contribution < 1.29 is 0 Å². The standard InChI is InChI=1S/C27H31N3/c1-22-10-5-6-12-24(22)19-29-17-9-16-27(29)21-30(26-14-3-2-4-15-26)20-25-13-8-7-11-23(25)18-28/h5-13,16-17,26H,2-4,14-15,19-21H2,1H3. The molecule has 0 atom stereocenters. The number of benzene rings is 2. The molecule has 0 amide bonds. The van der Waals surface area contributed by atoms with Crippen LogP contribution in [0.1, 0.15) is 60.1 Å². The average molecular weight is 398 g/mol. The molecule has 0 saturated heterocycles. The van der Waals surface area contributed by atoms with E-state index in [9.17, 15) is 5.26 Å². The smallest absolute Gasteiger partial charge is 0.0995 e. The Balaban J connectivity index is 1.57. The van der Waals surface area contributed by atoms with E-state index in [-0.39, 0.29) is 0 Å². The lowest BCUT2D eigenvalue weighted by Gasteiger charge is -2.35. The highest BCUT2D eigenvalue weighted by molar-refractivity contribution is 5.37. The number of nitrogens with zero attached hydrogens (tertiary/aromatic N) is 3. The maximum atomic E-state index is 9.56. The molecular formula is C27H31N3. The first-order chi connectivity index (χ1) is 14.7. The predicted molar refractivity (Wildman–Crippen MR) is 122 cm³/mol. The van der Waals surface area contributed by atoms with Crippen LogP contribution >= 0.6 is 0 Å². The third-order valence-corrected chi connectivity index (χ3v) is 6.49. The monoisotopic (exact) mass is 397 g/mol. The van der Waals surface area contributed by atoms with Gasteiger partial charge in [0.05, 0.1) is 11.6 Å². The van der Waals surface area contributed by atoms with E-state index in [1.807, 2.05) is 12.1 Å². The highest BCUT2D eigenvalue weighted by atomic mass is 15.2. The topological polar surface area (TPSA) is 32.0 Å². The van der Waals surface area contributed by atoms with Crippen molar-refractivity contribution in [3.8, 4) is 6.07 Å². The number of nitriles is 1. The Morgan fingerprint density at radius 1 is 0.900 bits per heavy atom. The van der Waals surface area contributed by atoms with Gasteiger partial charge in [0.25, 0.3) is 0 Å². The Morgan fingerprint density at radius 2 is 1.63 bits per heavy atom. The van der Waals surface area contributed by atoms with Gasteiger partial charge >= 0.3 is 0 Å². The predicted octanol–water partition coefficient (Wildman–Crippen LogP) is 6.05. The minimum Gasteiger partial charge on any atom is -0.346 e. The first-order valence-corrected chi connectivity index (χ1v) is 11.1. The van der Waals surface area contributed by atoms with Crippen LogP contribution in [0.4, 0.5) is 0 Å². The molecule has 0 aliphatic heterocycles. The lowest BCUT2D eigenvalue weighted by molar-refractivity contribution is 0.136. The summed E-state index contributed by atoms with van der Waals surface area (Å²) in [4.78, 5) is 2.61. The van der Waals surface area contributed by atoms with Crippen molar-refractivity contribution in [2.24, 2.45) is 0 Å². The van der Waals surface area contributed by atoms with E-state index in [4.69, 9.17) is 0 Å². The van der Waals surface area contributed by atoms with Crippen LogP contribution in [0.5, 0.6) is 0 Å². The lowest BCUT2D eigenvalue weighted by Crippen LogP contribution is -2.36. The van der Waals surface area contributed by atoms with Gasteiger partial charge in [-0.25, -0.2) is 0 Å². The van der Waals surface area contributed by atoms with Crippen LogP contribution < -0.4 is 0 Å². The minimum atomic E-state index is 0.590. The van der Waals surface area contributed by atoms with E-state index < -0.39 is 0 Å². The van der Waals surface area contributed by atoms with Crippen LogP contribution in [0.2, 0.25) is 0 Å². The molecule has 1 heterocycles. The van der Waals surface area contributed by atoms with Crippen LogP contribution in [0.3, 0.4) is 0 Å². The zero-order valence-electron chi connectivity index (χ0n) is 17.9. The molecule has 3 heteroatoms. The van der Waals surface area contributed by atoms with E-state index in [1.165, 1.54) is 48.9 Å². The highest BCUT2D eigenvalue weighted by Gasteiger charge is 2.23. The zero-order chi connectivity index (χ0) is 20.8. The summed E-state index contributed by atoms with van der Waals surface area (Å²) >= 11 is 0. The van der Waals surface area contributed by atoms with Crippen molar-refractivity contribution in [3.05, 3.63) is 94.8 Å². The molecule has 0 bridgehead atoms. The second-order valence-corrected chi connectivity index (χ2v) is 8.52. The van der Waals surface area contributed by atoms with Gasteiger partial charge in [0.15, 0.2) is 0 Å². The molecular weight excluding hydrogens is 366 g/mol. The molecule has 0 radical (unpaired) electrons.